The van der Waals surface area contributed by atoms with E-state index in [1.807, 2.05) is 24.3 Å². The number of benzene rings is 2. The molecule has 0 unspecified atom stereocenters. The molecule has 0 spiro atoms. The molecule has 0 radical (unpaired) electrons. The predicted molar refractivity (Wildman–Crippen MR) is 130 cm³/mol. The minimum absolute atomic E-state index is 0.191. The molecular formula is C26H28N5O4+. The average molecular weight is 475 g/mol. The van der Waals surface area contributed by atoms with Gasteiger partial charge >= 0.3 is 0 Å². The molecule has 3 aromatic rings. The number of carbonyl (C=O) groups excluding carboxylic acids is 1. The lowest BCUT2D eigenvalue weighted by Gasteiger charge is -2.29. The highest BCUT2D eigenvalue weighted by Gasteiger charge is 2.40. The Labute approximate surface area is 203 Å². The van der Waals surface area contributed by atoms with E-state index in [1.165, 1.54) is 5.56 Å². The first-order chi connectivity index (χ1) is 17.1. The van der Waals surface area contributed by atoms with Crippen LogP contribution in [-0.4, -0.2) is 65.4 Å². The van der Waals surface area contributed by atoms with Gasteiger partial charge in [0.05, 0.1) is 29.7 Å². The zero-order valence-electron chi connectivity index (χ0n) is 19.7. The third-order valence-electron chi connectivity index (χ3n) is 7.35. The molecule has 2 aromatic carbocycles. The summed E-state index contributed by atoms with van der Waals surface area (Å²) in [6.07, 6.45) is 4.55. The number of likely N-dealkylation sites (tertiary alicyclic amines) is 1. The highest BCUT2D eigenvalue weighted by atomic mass is 16.5. The van der Waals surface area contributed by atoms with Crippen molar-refractivity contribution < 1.29 is 19.1 Å². The van der Waals surface area contributed by atoms with Crippen LogP contribution in [0.25, 0.3) is 10.9 Å². The van der Waals surface area contributed by atoms with E-state index in [2.05, 4.69) is 20.3 Å². The summed E-state index contributed by atoms with van der Waals surface area (Å²) in [5, 5.41) is 0.692. The molecule has 3 aliphatic heterocycles. The molecule has 9 heteroatoms. The van der Waals surface area contributed by atoms with Gasteiger partial charge in [-0.05, 0) is 43.7 Å². The second-order valence-corrected chi connectivity index (χ2v) is 9.55. The number of nitroso groups, excluding NO2 is 1. The Kier molecular flexibility index (Phi) is 5.56. The zero-order chi connectivity index (χ0) is 23.9. The number of hydrogen-bond acceptors (Lipinski definition) is 7. The molecule has 1 N–H and O–H groups in total. The predicted octanol–water partition coefficient (Wildman–Crippen LogP) is 3.37. The number of nitrogens with zero attached hydrogens (tertiary/aromatic N) is 4. The van der Waals surface area contributed by atoms with Crippen molar-refractivity contribution in [3.8, 4) is 11.5 Å². The second-order valence-electron chi connectivity index (χ2n) is 9.55. The van der Waals surface area contributed by atoms with Gasteiger partial charge in [0.1, 0.15) is 27.9 Å². The summed E-state index contributed by atoms with van der Waals surface area (Å²) in [5.41, 5.74) is 5.69. The molecule has 4 heterocycles. The molecule has 0 bridgehead atoms. The number of unbranched alkanes of at least 4 members (excludes halogenated alkanes) is 1. The fraction of sp³-hybridized carbons (Fsp3) is 0.423. The number of rotatable bonds is 6. The fourth-order valence-electron chi connectivity index (χ4n) is 5.64. The average Bonchev–Trinajstić information content (AvgIpc) is 3.29. The van der Waals surface area contributed by atoms with Crippen LogP contribution < -0.4 is 14.9 Å². The summed E-state index contributed by atoms with van der Waals surface area (Å²) < 4.78 is 11.7. The van der Waals surface area contributed by atoms with Crippen LogP contribution in [0.1, 0.15) is 40.5 Å². The number of methoxy groups -OCH3 is 1. The van der Waals surface area contributed by atoms with E-state index in [0.29, 0.717) is 33.3 Å². The Morgan fingerprint density at radius 3 is 3.03 bits per heavy atom. The number of ether oxygens (including phenoxy) is 2. The monoisotopic (exact) mass is 474 g/mol. The highest BCUT2D eigenvalue weighted by molar-refractivity contribution is 6.09. The number of Topliss-reactive ketones (excluding diaryl/α,β-unsaturated/α-hetero) is 1. The van der Waals surface area contributed by atoms with Crippen molar-refractivity contribution in [3.05, 3.63) is 58.4 Å². The van der Waals surface area contributed by atoms with E-state index in [9.17, 15) is 9.70 Å². The molecule has 0 saturated carbocycles. The third-order valence-corrected chi connectivity index (χ3v) is 7.35. The fourth-order valence-corrected chi connectivity index (χ4v) is 5.64. The van der Waals surface area contributed by atoms with Crippen molar-refractivity contribution >= 4 is 22.4 Å². The first-order valence-corrected chi connectivity index (χ1v) is 12.2. The largest absolute Gasteiger partial charge is 0.496 e. The smallest absolute Gasteiger partial charge is 0.287 e. The number of hydrogen-bond donors (Lipinski definition) is 1. The lowest BCUT2D eigenvalue weighted by molar-refractivity contribution is -0.505. The van der Waals surface area contributed by atoms with Gasteiger partial charge in [-0.3, -0.25) is 4.79 Å². The summed E-state index contributed by atoms with van der Waals surface area (Å²) in [4.78, 5) is 36.1. The summed E-state index contributed by atoms with van der Waals surface area (Å²) in [7, 11) is 1.73. The van der Waals surface area contributed by atoms with Crippen molar-refractivity contribution in [2.45, 2.75) is 25.2 Å². The van der Waals surface area contributed by atoms with E-state index in [4.69, 9.17) is 9.47 Å². The van der Waals surface area contributed by atoms with Gasteiger partial charge in [-0.1, -0.05) is 6.07 Å². The highest BCUT2D eigenvalue weighted by Crippen LogP contribution is 2.46. The number of nitrogens with one attached hydrogen (secondary N) is 1. The number of aromatic nitrogens is 2. The molecule has 35 heavy (non-hydrogen) atoms. The summed E-state index contributed by atoms with van der Waals surface area (Å²) in [5.74, 6) is 3.42. The van der Waals surface area contributed by atoms with E-state index in [1.54, 1.807) is 19.4 Å². The van der Waals surface area contributed by atoms with E-state index in [0.717, 1.165) is 68.3 Å². The van der Waals surface area contributed by atoms with Gasteiger partial charge in [0.15, 0.2) is 0 Å². The molecule has 3 aliphatic rings. The Hall–Kier alpha value is -3.59. The SMILES string of the molecule is COc1cccc2c1[C@@H]1CN(CCCCc3ncc4c5c(ccc4n3)C(=O)C[N+](=O)N5)C[C@H]1CO2. The minimum atomic E-state index is -0.199. The van der Waals surface area contributed by atoms with Crippen LogP contribution in [0, 0.1) is 10.8 Å². The number of aryl methyl sites for hydroxylation is 1. The van der Waals surface area contributed by atoms with Crippen LogP contribution in [0.3, 0.4) is 0 Å². The van der Waals surface area contributed by atoms with Crippen molar-refractivity contribution in [2.75, 3.05) is 45.3 Å². The van der Waals surface area contributed by atoms with Gasteiger partial charge in [-0.2, -0.15) is 0 Å². The van der Waals surface area contributed by atoms with Gasteiger partial charge in [0, 0.05) is 48.5 Å². The molecule has 180 valence electrons. The van der Waals surface area contributed by atoms with Gasteiger partial charge in [0.2, 0.25) is 5.78 Å². The van der Waals surface area contributed by atoms with Gasteiger partial charge in [-0.15, -0.1) is 5.43 Å². The number of fused-ring (bicyclic) bond motifs is 6. The molecule has 0 aliphatic carbocycles. The molecular weight excluding hydrogens is 446 g/mol. The molecule has 9 nitrogen and oxygen atoms in total. The van der Waals surface area contributed by atoms with Gasteiger partial charge in [0.25, 0.3) is 6.54 Å². The first-order valence-electron chi connectivity index (χ1n) is 12.2. The molecule has 0 amide bonds. The molecule has 2 atom stereocenters. The van der Waals surface area contributed by atoms with Crippen molar-refractivity contribution in [2.24, 2.45) is 5.92 Å². The van der Waals surface area contributed by atoms with Crippen molar-refractivity contribution in [1.82, 2.24) is 14.9 Å². The number of ketones is 1. The number of carbonyl (C=O) groups is 1. The Balaban J connectivity index is 1.07. The maximum Gasteiger partial charge on any atom is 0.287 e. The maximum absolute atomic E-state index is 12.1. The molecule has 1 fully saturated rings. The number of hydrazine groups is 1. The lowest BCUT2D eigenvalue weighted by atomic mass is 9.86. The van der Waals surface area contributed by atoms with E-state index >= 15 is 0 Å². The van der Waals surface area contributed by atoms with Gasteiger partial charge in [-0.25, -0.2) is 9.97 Å². The van der Waals surface area contributed by atoms with Gasteiger partial charge < -0.3 is 14.4 Å². The summed E-state index contributed by atoms with van der Waals surface area (Å²) in [6.45, 7) is 3.68. The summed E-state index contributed by atoms with van der Waals surface area (Å²) in [6, 6.07) is 9.63. The number of anilines is 1. The Morgan fingerprint density at radius 2 is 2.14 bits per heavy atom. The van der Waals surface area contributed by atoms with E-state index in [-0.39, 0.29) is 12.3 Å². The quantitative estimate of drug-likeness (QED) is 0.429. The van der Waals surface area contributed by atoms with Crippen LogP contribution in [0.15, 0.2) is 36.5 Å². The van der Waals surface area contributed by atoms with Crippen molar-refractivity contribution in [3.63, 3.8) is 0 Å². The maximum atomic E-state index is 12.1. The summed E-state index contributed by atoms with van der Waals surface area (Å²) >= 11 is 0. The molecule has 1 saturated heterocycles. The van der Waals surface area contributed by atoms with Crippen LogP contribution >= 0.6 is 0 Å². The zero-order valence-corrected chi connectivity index (χ0v) is 19.7. The van der Waals surface area contributed by atoms with E-state index < -0.39 is 0 Å². The molecule has 1 aromatic heterocycles. The first kappa shape index (κ1) is 21.9. The van der Waals surface area contributed by atoms with Crippen LogP contribution in [0.5, 0.6) is 11.5 Å². The molecule has 6 rings (SSSR count). The normalized spacial score (nSPS) is 21.2. The Morgan fingerprint density at radius 1 is 1.23 bits per heavy atom. The van der Waals surface area contributed by atoms with Crippen LogP contribution in [0.4, 0.5) is 5.69 Å². The third kappa shape index (κ3) is 3.99. The topological polar surface area (TPSA) is 96.7 Å². The lowest BCUT2D eigenvalue weighted by Crippen LogP contribution is -2.30. The van der Waals surface area contributed by atoms with Crippen LogP contribution in [-0.2, 0) is 6.42 Å². The second kappa shape index (κ2) is 8.88. The van der Waals surface area contributed by atoms with Crippen molar-refractivity contribution in [1.29, 1.82) is 0 Å². The minimum Gasteiger partial charge on any atom is -0.496 e. The van der Waals surface area contributed by atoms with Crippen LogP contribution in [0.2, 0.25) is 0 Å². The standard InChI is InChI=1S/C26H27N5O4/c1-34-22-5-4-6-23-25(22)19-13-30(12-16(19)15-35-23)10-3-2-7-24-27-11-18-20(28-24)9-8-17-21(32)14-31(33)29-26(17)18/h4-6,8-9,11,16,19H,2-3,7,10,12-15H2,1H3/p+1/t16-,19+/m0/s1. The Bertz CT molecular complexity index is 1310.